The predicted molar refractivity (Wildman–Crippen MR) is 65.8 cm³/mol. The minimum Gasteiger partial charge on any atom is -0.390 e. The fourth-order valence-corrected chi connectivity index (χ4v) is 3.58. The molecular formula is C12H16N2OS. The van der Waals surface area contributed by atoms with Crippen LogP contribution in [-0.2, 0) is 13.0 Å². The highest BCUT2D eigenvalue weighted by Gasteiger charge is 2.35. The van der Waals surface area contributed by atoms with Gasteiger partial charge in [0.15, 0.2) is 5.78 Å². The highest BCUT2D eigenvalue weighted by atomic mass is 32.1. The quantitative estimate of drug-likeness (QED) is 0.798. The minimum absolute atomic E-state index is 0.278. The summed E-state index contributed by atoms with van der Waals surface area (Å²) in [6, 6.07) is 0. The molecule has 0 aromatic carbocycles. The van der Waals surface area contributed by atoms with Gasteiger partial charge in [0.2, 0.25) is 0 Å². The molecule has 1 saturated carbocycles. The first-order chi connectivity index (χ1) is 7.66. The largest absolute Gasteiger partial charge is 0.390 e. The first-order valence-electron chi connectivity index (χ1n) is 5.79. The Hall–Kier alpha value is -0.870. The van der Waals surface area contributed by atoms with Crippen molar-refractivity contribution >= 4 is 22.1 Å². The molecule has 4 heteroatoms. The van der Waals surface area contributed by atoms with Crippen molar-refractivity contribution in [3.63, 3.8) is 0 Å². The van der Waals surface area contributed by atoms with E-state index in [-0.39, 0.29) is 5.92 Å². The molecule has 0 atom stereocenters. The molecule has 1 fully saturated rings. The molecule has 1 aliphatic carbocycles. The molecule has 16 heavy (non-hydrogen) atoms. The molecule has 0 spiro atoms. The molecule has 86 valence electrons. The monoisotopic (exact) mass is 236 g/mol. The van der Waals surface area contributed by atoms with Crippen LogP contribution in [0.2, 0.25) is 0 Å². The summed E-state index contributed by atoms with van der Waals surface area (Å²) in [4.78, 5) is 15.7. The summed E-state index contributed by atoms with van der Waals surface area (Å²) in [6.07, 6.45) is 3.10. The molecule has 1 aromatic heterocycles. The van der Waals surface area contributed by atoms with Crippen LogP contribution in [0, 0.1) is 5.92 Å². The van der Waals surface area contributed by atoms with Gasteiger partial charge in [-0.1, -0.05) is 0 Å². The van der Waals surface area contributed by atoms with E-state index in [1.54, 1.807) is 11.3 Å². The number of nitrogens with zero attached hydrogens (tertiary/aromatic N) is 1. The summed E-state index contributed by atoms with van der Waals surface area (Å²) in [5.41, 5.74) is 8.13. The van der Waals surface area contributed by atoms with Gasteiger partial charge in [-0.25, -0.2) is 0 Å². The van der Waals surface area contributed by atoms with E-state index >= 15 is 0 Å². The third kappa shape index (κ3) is 1.57. The second-order valence-corrected chi connectivity index (χ2v) is 6.01. The van der Waals surface area contributed by atoms with Crippen LogP contribution in [-0.4, -0.2) is 24.3 Å². The van der Waals surface area contributed by atoms with Crippen LogP contribution in [0.3, 0.4) is 0 Å². The minimum atomic E-state index is 0.278. The third-order valence-corrected chi connectivity index (χ3v) is 4.52. The predicted octanol–water partition coefficient (Wildman–Crippen LogP) is 1.91. The lowest BCUT2D eigenvalue weighted by atomic mass is 9.98. The molecule has 2 N–H and O–H groups in total. The molecule has 0 saturated heterocycles. The van der Waals surface area contributed by atoms with Gasteiger partial charge in [0.1, 0.15) is 0 Å². The van der Waals surface area contributed by atoms with Crippen LogP contribution in [0.15, 0.2) is 0 Å². The summed E-state index contributed by atoms with van der Waals surface area (Å²) < 4.78 is 0. The summed E-state index contributed by atoms with van der Waals surface area (Å²) in [6.45, 7) is 1.98. The molecular weight excluding hydrogens is 220 g/mol. The molecule has 0 bridgehead atoms. The second-order valence-electron chi connectivity index (χ2n) is 4.87. The number of nitrogens with two attached hydrogens (primary N) is 1. The number of rotatable bonds is 2. The van der Waals surface area contributed by atoms with Gasteiger partial charge in [-0.3, -0.25) is 4.79 Å². The van der Waals surface area contributed by atoms with Crippen molar-refractivity contribution in [1.29, 1.82) is 0 Å². The summed E-state index contributed by atoms with van der Waals surface area (Å²) >= 11 is 1.61. The van der Waals surface area contributed by atoms with Crippen molar-refractivity contribution in [2.45, 2.75) is 25.8 Å². The Morgan fingerprint density at radius 1 is 1.50 bits per heavy atom. The van der Waals surface area contributed by atoms with Gasteiger partial charge < -0.3 is 10.6 Å². The number of anilines is 1. The lowest BCUT2D eigenvalue weighted by Gasteiger charge is -2.22. The Morgan fingerprint density at radius 3 is 2.94 bits per heavy atom. The van der Waals surface area contributed by atoms with Crippen molar-refractivity contribution in [3.8, 4) is 0 Å². The molecule has 3 nitrogen and oxygen atoms in total. The van der Waals surface area contributed by atoms with Gasteiger partial charge in [0, 0.05) is 23.9 Å². The molecule has 0 amide bonds. The number of likely N-dealkylation sites (N-methyl/N-ethyl adjacent to an activating group) is 1. The molecule has 1 aromatic rings. The van der Waals surface area contributed by atoms with E-state index < -0.39 is 0 Å². The van der Waals surface area contributed by atoms with Gasteiger partial charge in [-0.2, -0.15) is 0 Å². The van der Waals surface area contributed by atoms with E-state index in [0.717, 1.165) is 42.9 Å². The first kappa shape index (κ1) is 10.3. The van der Waals surface area contributed by atoms with Crippen LogP contribution in [0.5, 0.6) is 0 Å². The molecule has 2 heterocycles. The van der Waals surface area contributed by atoms with E-state index in [0.29, 0.717) is 5.78 Å². The van der Waals surface area contributed by atoms with Gasteiger partial charge in [-0.15, -0.1) is 11.3 Å². The Kier molecular flexibility index (Phi) is 2.30. The van der Waals surface area contributed by atoms with Gasteiger partial charge in [-0.05, 0) is 31.9 Å². The van der Waals surface area contributed by atoms with Crippen LogP contribution < -0.4 is 5.73 Å². The molecule has 0 unspecified atom stereocenters. The zero-order valence-electron chi connectivity index (χ0n) is 9.45. The Morgan fingerprint density at radius 2 is 2.25 bits per heavy atom. The Balaban J connectivity index is 2.01. The highest BCUT2D eigenvalue weighted by Crippen LogP contribution is 2.40. The van der Waals surface area contributed by atoms with Gasteiger partial charge in [0.25, 0.3) is 0 Å². The average molecular weight is 236 g/mol. The van der Waals surface area contributed by atoms with Gasteiger partial charge >= 0.3 is 0 Å². The fraction of sp³-hybridized carbons (Fsp3) is 0.583. The van der Waals surface area contributed by atoms with Crippen molar-refractivity contribution in [3.05, 3.63) is 16.0 Å². The average Bonchev–Trinajstić information content (AvgIpc) is 3.01. The van der Waals surface area contributed by atoms with Gasteiger partial charge in [0.05, 0.1) is 10.6 Å². The van der Waals surface area contributed by atoms with Crippen molar-refractivity contribution < 1.29 is 4.79 Å². The van der Waals surface area contributed by atoms with Crippen LogP contribution in [0.4, 0.5) is 5.00 Å². The fourth-order valence-electron chi connectivity index (χ4n) is 2.37. The van der Waals surface area contributed by atoms with Crippen molar-refractivity contribution in [1.82, 2.24) is 4.90 Å². The summed E-state index contributed by atoms with van der Waals surface area (Å²) in [7, 11) is 2.11. The normalized spacial score (nSPS) is 20.8. The number of carbonyl (C=O) groups excluding carboxylic acids is 1. The number of Topliss-reactive ketones (excluding diaryl/α,β-unsaturated/α-hetero) is 1. The molecule has 0 radical (unpaired) electrons. The number of ketones is 1. The molecule has 3 rings (SSSR count). The lowest BCUT2D eigenvalue weighted by molar-refractivity contribution is 0.0967. The smallest absolute Gasteiger partial charge is 0.169 e. The van der Waals surface area contributed by atoms with E-state index in [1.165, 1.54) is 10.4 Å². The lowest BCUT2D eigenvalue weighted by Crippen LogP contribution is -2.26. The number of nitrogen functional groups attached to an aromatic ring is 1. The Bertz CT molecular complexity index is 448. The van der Waals surface area contributed by atoms with Crippen molar-refractivity contribution in [2.75, 3.05) is 19.3 Å². The summed E-state index contributed by atoms with van der Waals surface area (Å²) in [5, 5.41) is 0.747. The number of fused-ring (bicyclic) bond motifs is 1. The highest BCUT2D eigenvalue weighted by molar-refractivity contribution is 7.16. The maximum absolute atomic E-state index is 12.2. The molecule has 1 aliphatic heterocycles. The maximum Gasteiger partial charge on any atom is 0.169 e. The molecule has 2 aliphatic rings. The maximum atomic E-state index is 12.2. The number of hydrogen-bond donors (Lipinski definition) is 1. The summed E-state index contributed by atoms with van der Waals surface area (Å²) in [5.74, 6) is 0.584. The van der Waals surface area contributed by atoms with E-state index in [1.807, 2.05) is 0 Å². The standard InChI is InChI=1S/C12H16N2OS/c1-14-5-4-8-9(6-14)16-12(13)10(8)11(15)7-2-3-7/h7H,2-6,13H2,1H3. The third-order valence-electron chi connectivity index (χ3n) is 3.47. The van der Waals surface area contributed by atoms with E-state index in [4.69, 9.17) is 5.73 Å². The second kappa shape index (κ2) is 3.57. The number of thiophene rings is 1. The zero-order valence-corrected chi connectivity index (χ0v) is 10.3. The number of carbonyl (C=O) groups is 1. The van der Waals surface area contributed by atoms with Crippen LogP contribution in [0.25, 0.3) is 0 Å². The van der Waals surface area contributed by atoms with Crippen LogP contribution in [0.1, 0.15) is 33.6 Å². The van der Waals surface area contributed by atoms with Crippen LogP contribution >= 0.6 is 11.3 Å². The zero-order chi connectivity index (χ0) is 11.3. The SMILES string of the molecule is CN1CCc2c(sc(N)c2C(=O)C2CC2)C1. The van der Waals surface area contributed by atoms with E-state index in [2.05, 4.69) is 11.9 Å². The van der Waals surface area contributed by atoms with Crippen molar-refractivity contribution in [2.24, 2.45) is 5.92 Å². The Labute approximate surface area is 99.2 Å². The first-order valence-corrected chi connectivity index (χ1v) is 6.61. The van der Waals surface area contributed by atoms with E-state index in [9.17, 15) is 4.79 Å². The topological polar surface area (TPSA) is 46.3 Å². The number of hydrogen-bond acceptors (Lipinski definition) is 4.